The molecular formula is C12H20N2O4S. The van der Waals surface area contributed by atoms with Crippen molar-refractivity contribution >= 4 is 15.9 Å². The minimum absolute atomic E-state index is 0.0708. The first kappa shape index (κ1) is 14.3. The van der Waals surface area contributed by atoms with E-state index in [0.717, 1.165) is 18.4 Å². The van der Waals surface area contributed by atoms with Crippen LogP contribution in [0.2, 0.25) is 0 Å². The number of nitrogens with zero attached hydrogens (tertiary/aromatic N) is 1. The van der Waals surface area contributed by atoms with Crippen LogP contribution in [-0.4, -0.2) is 57.2 Å². The van der Waals surface area contributed by atoms with Gasteiger partial charge in [0.2, 0.25) is 0 Å². The summed E-state index contributed by atoms with van der Waals surface area (Å²) < 4.78 is 28.0. The third-order valence-corrected chi connectivity index (χ3v) is 5.36. The van der Waals surface area contributed by atoms with Crippen LogP contribution in [0.25, 0.3) is 0 Å². The van der Waals surface area contributed by atoms with Gasteiger partial charge in [-0.15, -0.1) is 0 Å². The quantitative estimate of drug-likeness (QED) is 0.803. The van der Waals surface area contributed by atoms with Gasteiger partial charge in [-0.1, -0.05) is 0 Å². The van der Waals surface area contributed by atoms with Crippen LogP contribution in [0, 0.1) is 0 Å². The van der Waals surface area contributed by atoms with E-state index in [-0.39, 0.29) is 23.6 Å². The molecule has 2 saturated heterocycles. The number of hydrogen-bond donors (Lipinski definition) is 1. The smallest absolute Gasteiger partial charge is 0.321 e. The van der Waals surface area contributed by atoms with E-state index in [2.05, 4.69) is 5.32 Å². The van der Waals surface area contributed by atoms with Gasteiger partial charge < -0.3 is 15.0 Å². The van der Waals surface area contributed by atoms with Crippen molar-refractivity contribution in [3.63, 3.8) is 0 Å². The molecule has 108 valence electrons. The summed E-state index contributed by atoms with van der Waals surface area (Å²) in [6.45, 7) is 1.39. The molecule has 0 spiro atoms. The fourth-order valence-electron chi connectivity index (χ4n) is 2.29. The zero-order valence-electron chi connectivity index (χ0n) is 11.1. The fourth-order valence-corrected chi connectivity index (χ4v) is 4.06. The lowest BCUT2D eigenvalue weighted by atomic mass is 10.1. The van der Waals surface area contributed by atoms with Gasteiger partial charge in [0, 0.05) is 19.3 Å². The fraction of sp³-hybridized carbons (Fsp3) is 0.750. The Hall–Kier alpha value is -1.08. The summed E-state index contributed by atoms with van der Waals surface area (Å²) in [6.07, 6.45) is 3.92. The Morgan fingerprint density at radius 2 is 2.11 bits per heavy atom. The number of nitrogens with one attached hydrogen (secondary N) is 1. The van der Waals surface area contributed by atoms with Crippen molar-refractivity contribution in [3.8, 4) is 0 Å². The molecule has 2 aliphatic rings. The first-order chi connectivity index (χ1) is 8.98. The molecule has 19 heavy (non-hydrogen) atoms. The van der Waals surface area contributed by atoms with Gasteiger partial charge in [-0.2, -0.15) is 0 Å². The van der Waals surface area contributed by atoms with Gasteiger partial charge in [-0.25, -0.2) is 13.2 Å². The predicted octanol–water partition coefficient (Wildman–Crippen LogP) is 0.509. The van der Waals surface area contributed by atoms with E-state index in [4.69, 9.17) is 4.74 Å². The highest BCUT2D eigenvalue weighted by Gasteiger charge is 2.32. The Bertz CT molecular complexity index is 464. The Balaban J connectivity index is 1.86. The molecule has 0 aliphatic carbocycles. The van der Waals surface area contributed by atoms with Crippen LogP contribution in [0.15, 0.2) is 11.8 Å². The van der Waals surface area contributed by atoms with Crippen LogP contribution in [-0.2, 0) is 14.6 Å². The lowest BCUT2D eigenvalue weighted by Gasteiger charge is -2.23. The highest BCUT2D eigenvalue weighted by atomic mass is 32.2. The molecule has 0 bridgehead atoms. The molecule has 2 fully saturated rings. The van der Waals surface area contributed by atoms with E-state index in [1.54, 1.807) is 13.2 Å². The topological polar surface area (TPSA) is 75.7 Å². The maximum atomic E-state index is 11.9. The van der Waals surface area contributed by atoms with Gasteiger partial charge in [-0.3, -0.25) is 0 Å². The average Bonchev–Trinajstić information content (AvgIpc) is 2.76. The second kappa shape index (κ2) is 5.92. The molecule has 0 aromatic rings. The molecule has 0 aromatic heterocycles. The number of rotatable bonds is 2. The predicted molar refractivity (Wildman–Crippen MR) is 71.5 cm³/mol. The van der Waals surface area contributed by atoms with Crippen molar-refractivity contribution < 1.29 is 17.9 Å². The van der Waals surface area contributed by atoms with Crippen molar-refractivity contribution in [2.75, 3.05) is 31.8 Å². The average molecular weight is 288 g/mol. The van der Waals surface area contributed by atoms with Crippen molar-refractivity contribution in [2.45, 2.75) is 25.3 Å². The first-order valence-corrected chi connectivity index (χ1v) is 8.29. The largest absolute Gasteiger partial charge is 0.381 e. The van der Waals surface area contributed by atoms with E-state index in [0.29, 0.717) is 19.6 Å². The molecular weight excluding hydrogens is 268 g/mol. The van der Waals surface area contributed by atoms with E-state index in [1.165, 1.54) is 4.90 Å². The molecule has 7 heteroatoms. The van der Waals surface area contributed by atoms with Gasteiger partial charge in [0.15, 0.2) is 9.84 Å². The number of hydrogen-bond acceptors (Lipinski definition) is 4. The number of amides is 2. The van der Waals surface area contributed by atoms with Gasteiger partial charge in [0.1, 0.15) is 0 Å². The van der Waals surface area contributed by atoms with Gasteiger partial charge in [-0.05, 0) is 24.8 Å². The third kappa shape index (κ3) is 3.94. The molecule has 6 nitrogen and oxygen atoms in total. The molecule has 2 aliphatic heterocycles. The SMILES string of the molecule is CN(C(=O)NC=C1CCOCC1)C1CCS(=O)(=O)C1. The lowest BCUT2D eigenvalue weighted by Crippen LogP contribution is -2.42. The van der Waals surface area contributed by atoms with Crippen molar-refractivity contribution in [1.82, 2.24) is 10.2 Å². The second-order valence-electron chi connectivity index (χ2n) is 5.03. The Morgan fingerprint density at radius 3 is 2.68 bits per heavy atom. The molecule has 2 amide bonds. The molecule has 1 atom stereocenters. The van der Waals surface area contributed by atoms with E-state index in [1.807, 2.05) is 0 Å². The molecule has 2 rings (SSSR count). The standard InChI is InChI=1S/C12H20N2O4S/c1-14(11-4-7-19(16,17)9-11)12(15)13-8-10-2-5-18-6-3-10/h8,11H,2-7,9H2,1H3,(H,13,15). The number of carbonyl (C=O) groups excluding carboxylic acids is 1. The van der Waals surface area contributed by atoms with Crippen molar-refractivity contribution in [3.05, 3.63) is 11.8 Å². The van der Waals surface area contributed by atoms with Crippen LogP contribution >= 0.6 is 0 Å². The summed E-state index contributed by atoms with van der Waals surface area (Å²) >= 11 is 0. The molecule has 0 radical (unpaired) electrons. The zero-order valence-corrected chi connectivity index (χ0v) is 11.9. The summed E-state index contributed by atoms with van der Waals surface area (Å²) in [5.74, 6) is 0.245. The lowest BCUT2D eigenvalue weighted by molar-refractivity contribution is 0.118. The van der Waals surface area contributed by atoms with Crippen LogP contribution in [0.4, 0.5) is 4.79 Å². The Kier molecular flexibility index (Phi) is 4.46. The Labute approximate surface area is 113 Å². The first-order valence-electron chi connectivity index (χ1n) is 6.47. The van der Waals surface area contributed by atoms with Crippen molar-refractivity contribution in [2.24, 2.45) is 0 Å². The van der Waals surface area contributed by atoms with Crippen LogP contribution in [0.5, 0.6) is 0 Å². The Morgan fingerprint density at radius 1 is 1.42 bits per heavy atom. The normalized spacial score (nSPS) is 25.9. The van der Waals surface area contributed by atoms with Crippen LogP contribution in [0.1, 0.15) is 19.3 Å². The molecule has 0 saturated carbocycles. The van der Waals surface area contributed by atoms with E-state index >= 15 is 0 Å². The van der Waals surface area contributed by atoms with Gasteiger partial charge in [0.05, 0.1) is 24.7 Å². The van der Waals surface area contributed by atoms with E-state index in [9.17, 15) is 13.2 Å². The maximum Gasteiger partial charge on any atom is 0.321 e. The molecule has 1 unspecified atom stereocenters. The minimum Gasteiger partial charge on any atom is -0.381 e. The second-order valence-corrected chi connectivity index (χ2v) is 7.26. The highest BCUT2D eigenvalue weighted by molar-refractivity contribution is 7.91. The van der Waals surface area contributed by atoms with Gasteiger partial charge >= 0.3 is 6.03 Å². The number of carbonyl (C=O) groups is 1. The minimum atomic E-state index is -2.96. The molecule has 2 heterocycles. The summed E-state index contributed by atoms with van der Waals surface area (Å²) in [6, 6.07) is -0.459. The number of sulfone groups is 1. The summed E-state index contributed by atoms with van der Waals surface area (Å²) in [7, 11) is -1.32. The zero-order chi connectivity index (χ0) is 13.9. The van der Waals surface area contributed by atoms with Crippen LogP contribution in [0.3, 0.4) is 0 Å². The van der Waals surface area contributed by atoms with Crippen molar-refractivity contribution in [1.29, 1.82) is 0 Å². The van der Waals surface area contributed by atoms with Crippen LogP contribution < -0.4 is 5.32 Å². The number of urea groups is 1. The van der Waals surface area contributed by atoms with Gasteiger partial charge in [0.25, 0.3) is 0 Å². The highest BCUT2D eigenvalue weighted by Crippen LogP contribution is 2.17. The van der Waals surface area contributed by atoms with E-state index < -0.39 is 9.84 Å². The number of ether oxygens (including phenoxy) is 1. The third-order valence-electron chi connectivity index (χ3n) is 3.61. The monoisotopic (exact) mass is 288 g/mol. The summed E-state index contributed by atoms with van der Waals surface area (Å²) in [4.78, 5) is 13.4. The summed E-state index contributed by atoms with van der Waals surface area (Å²) in [5.41, 5.74) is 1.16. The summed E-state index contributed by atoms with van der Waals surface area (Å²) in [5, 5.41) is 2.73. The maximum absolute atomic E-state index is 11.9. The molecule has 1 N–H and O–H groups in total. The molecule has 0 aromatic carbocycles.